The van der Waals surface area contributed by atoms with Crippen molar-refractivity contribution in [2.24, 2.45) is 5.92 Å². The number of amides is 2. The van der Waals surface area contributed by atoms with Gasteiger partial charge in [0.2, 0.25) is 5.91 Å². The van der Waals surface area contributed by atoms with Crippen LogP contribution in [0, 0.1) is 17.6 Å². The molecule has 0 spiro atoms. The Morgan fingerprint density at radius 3 is 2.62 bits per heavy atom. The first-order chi connectivity index (χ1) is 12.5. The summed E-state index contributed by atoms with van der Waals surface area (Å²) in [7, 11) is 0. The molecule has 0 aromatic heterocycles. The maximum Gasteiger partial charge on any atom is 0.257 e. The van der Waals surface area contributed by atoms with E-state index in [1.807, 2.05) is 0 Å². The molecule has 136 valence electrons. The number of ether oxygens (including phenoxy) is 1. The molecule has 1 saturated heterocycles. The van der Waals surface area contributed by atoms with Gasteiger partial charge < -0.3 is 15.0 Å². The van der Waals surface area contributed by atoms with Crippen LogP contribution in [0.25, 0.3) is 0 Å². The van der Waals surface area contributed by atoms with Crippen LogP contribution in [0.2, 0.25) is 0 Å². The lowest BCUT2D eigenvalue weighted by Gasteiger charge is -2.17. The van der Waals surface area contributed by atoms with E-state index in [1.54, 1.807) is 23.1 Å². The van der Waals surface area contributed by atoms with Crippen LogP contribution in [-0.4, -0.2) is 31.5 Å². The van der Waals surface area contributed by atoms with Crippen LogP contribution < -0.4 is 15.0 Å². The fourth-order valence-corrected chi connectivity index (χ4v) is 2.80. The molecule has 2 aromatic rings. The van der Waals surface area contributed by atoms with Crippen LogP contribution in [0.15, 0.2) is 48.5 Å². The monoisotopic (exact) mass is 360 g/mol. The summed E-state index contributed by atoms with van der Waals surface area (Å²) in [5.41, 5.74) is 0.633. The van der Waals surface area contributed by atoms with Gasteiger partial charge in [0, 0.05) is 31.1 Å². The van der Waals surface area contributed by atoms with Crippen LogP contribution in [-0.2, 0) is 9.59 Å². The standard InChI is InChI=1S/C19H18F2N2O3/c20-14-5-7-15(8-6-14)23-11-13(9-19(23)25)10-22-18(24)12-26-17-4-2-1-3-16(17)21/h1-8,13H,9-12H2,(H,22,24). The first-order valence-corrected chi connectivity index (χ1v) is 8.23. The van der Waals surface area contributed by atoms with Gasteiger partial charge in [-0.05, 0) is 36.4 Å². The minimum Gasteiger partial charge on any atom is -0.481 e. The number of hydrogen-bond donors (Lipinski definition) is 1. The van der Waals surface area contributed by atoms with Gasteiger partial charge >= 0.3 is 0 Å². The van der Waals surface area contributed by atoms with Crippen molar-refractivity contribution in [2.45, 2.75) is 6.42 Å². The molecule has 2 aromatic carbocycles. The van der Waals surface area contributed by atoms with E-state index >= 15 is 0 Å². The molecule has 0 aliphatic carbocycles. The number of hydrogen-bond acceptors (Lipinski definition) is 3. The lowest BCUT2D eigenvalue weighted by molar-refractivity contribution is -0.123. The molecule has 1 fully saturated rings. The first-order valence-electron chi connectivity index (χ1n) is 8.23. The van der Waals surface area contributed by atoms with Crippen molar-refractivity contribution in [3.8, 4) is 5.75 Å². The van der Waals surface area contributed by atoms with E-state index in [9.17, 15) is 18.4 Å². The molecule has 1 aliphatic rings. The maximum absolute atomic E-state index is 13.4. The van der Waals surface area contributed by atoms with E-state index in [-0.39, 0.29) is 35.9 Å². The van der Waals surface area contributed by atoms with E-state index in [0.717, 1.165) is 0 Å². The zero-order valence-electron chi connectivity index (χ0n) is 14.0. The summed E-state index contributed by atoms with van der Waals surface area (Å²) in [6.45, 7) is 0.449. The quantitative estimate of drug-likeness (QED) is 0.861. The Hall–Kier alpha value is -2.96. The van der Waals surface area contributed by atoms with Crippen molar-refractivity contribution in [1.29, 1.82) is 0 Å². The Kier molecular flexibility index (Phi) is 5.46. The SMILES string of the molecule is O=C(COc1ccccc1F)NCC1CC(=O)N(c2ccc(F)cc2)C1. The van der Waals surface area contributed by atoms with Gasteiger partial charge in [-0.2, -0.15) is 0 Å². The highest BCUT2D eigenvalue weighted by atomic mass is 19.1. The van der Waals surface area contributed by atoms with Gasteiger partial charge in [0.15, 0.2) is 18.2 Å². The van der Waals surface area contributed by atoms with Crippen molar-refractivity contribution in [1.82, 2.24) is 5.32 Å². The average molecular weight is 360 g/mol. The van der Waals surface area contributed by atoms with Crippen LogP contribution in [0.1, 0.15) is 6.42 Å². The molecule has 26 heavy (non-hydrogen) atoms. The number of halogens is 2. The Labute approximate surface area is 149 Å². The van der Waals surface area contributed by atoms with Crippen molar-refractivity contribution in [3.63, 3.8) is 0 Å². The second kappa shape index (κ2) is 7.95. The third-order valence-corrected chi connectivity index (χ3v) is 4.13. The van der Waals surface area contributed by atoms with Gasteiger partial charge in [0.25, 0.3) is 5.91 Å². The topological polar surface area (TPSA) is 58.6 Å². The second-order valence-electron chi connectivity index (χ2n) is 6.07. The number of anilines is 1. The average Bonchev–Trinajstić information content (AvgIpc) is 3.01. The zero-order valence-corrected chi connectivity index (χ0v) is 14.0. The normalized spacial score (nSPS) is 16.6. The molecular formula is C19H18F2N2O3. The Morgan fingerprint density at radius 1 is 1.15 bits per heavy atom. The highest BCUT2D eigenvalue weighted by molar-refractivity contribution is 5.95. The number of rotatable bonds is 6. The van der Waals surface area contributed by atoms with Gasteiger partial charge in [0.05, 0.1) is 0 Å². The van der Waals surface area contributed by atoms with Gasteiger partial charge in [0.1, 0.15) is 5.82 Å². The minimum absolute atomic E-state index is 0.0150. The third-order valence-electron chi connectivity index (χ3n) is 4.13. The summed E-state index contributed by atoms with van der Waals surface area (Å²) in [5.74, 6) is -1.39. The number of carbonyl (C=O) groups excluding carboxylic acids is 2. The highest BCUT2D eigenvalue weighted by Crippen LogP contribution is 2.24. The molecule has 0 radical (unpaired) electrons. The van der Waals surface area contributed by atoms with Crippen molar-refractivity contribution >= 4 is 17.5 Å². The van der Waals surface area contributed by atoms with Crippen LogP contribution >= 0.6 is 0 Å². The third kappa shape index (κ3) is 4.36. The first kappa shape index (κ1) is 17.8. The molecule has 1 atom stereocenters. The highest BCUT2D eigenvalue weighted by Gasteiger charge is 2.30. The van der Waals surface area contributed by atoms with E-state index < -0.39 is 5.82 Å². The molecule has 0 saturated carbocycles. The summed E-state index contributed by atoms with van der Waals surface area (Å²) in [6.07, 6.45) is 0.297. The fourth-order valence-electron chi connectivity index (χ4n) is 2.80. The molecule has 5 nitrogen and oxygen atoms in total. The molecule has 1 aliphatic heterocycles. The lowest BCUT2D eigenvalue weighted by Crippen LogP contribution is -2.34. The predicted molar refractivity (Wildman–Crippen MR) is 91.8 cm³/mol. The summed E-state index contributed by atoms with van der Waals surface area (Å²) < 4.78 is 31.5. The number of para-hydroxylation sites is 1. The molecule has 2 amide bonds. The Balaban J connectivity index is 1.46. The smallest absolute Gasteiger partial charge is 0.257 e. The molecule has 1 heterocycles. The lowest BCUT2D eigenvalue weighted by atomic mass is 10.1. The van der Waals surface area contributed by atoms with Gasteiger partial charge in [-0.25, -0.2) is 8.78 Å². The Bertz CT molecular complexity index is 796. The van der Waals surface area contributed by atoms with Gasteiger partial charge in [-0.3, -0.25) is 9.59 Å². The number of nitrogens with one attached hydrogen (secondary N) is 1. The van der Waals surface area contributed by atoms with E-state index in [0.29, 0.717) is 25.2 Å². The number of carbonyl (C=O) groups is 2. The maximum atomic E-state index is 13.4. The van der Waals surface area contributed by atoms with Crippen molar-refractivity contribution < 1.29 is 23.1 Å². The summed E-state index contributed by atoms with van der Waals surface area (Å²) in [5, 5.41) is 2.69. The molecule has 7 heteroatoms. The number of benzene rings is 2. The largest absolute Gasteiger partial charge is 0.481 e. The van der Waals surface area contributed by atoms with Gasteiger partial charge in [-0.1, -0.05) is 12.1 Å². The molecule has 0 bridgehead atoms. The van der Waals surface area contributed by atoms with E-state index in [4.69, 9.17) is 4.74 Å². The molecule has 1 unspecified atom stereocenters. The minimum atomic E-state index is -0.531. The summed E-state index contributed by atoms with van der Waals surface area (Å²) in [6, 6.07) is 11.6. The summed E-state index contributed by atoms with van der Waals surface area (Å²) in [4.78, 5) is 25.5. The van der Waals surface area contributed by atoms with Gasteiger partial charge in [-0.15, -0.1) is 0 Å². The van der Waals surface area contributed by atoms with Crippen LogP contribution in [0.3, 0.4) is 0 Å². The summed E-state index contributed by atoms with van der Waals surface area (Å²) >= 11 is 0. The zero-order chi connectivity index (χ0) is 18.5. The van der Waals surface area contributed by atoms with Crippen molar-refractivity contribution in [2.75, 3.05) is 24.6 Å². The van der Waals surface area contributed by atoms with Crippen molar-refractivity contribution in [3.05, 3.63) is 60.2 Å². The van der Waals surface area contributed by atoms with Crippen LogP contribution in [0.5, 0.6) is 5.75 Å². The van der Waals surface area contributed by atoms with Crippen LogP contribution in [0.4, 0.5) is 14.5 Å². The number of nitrogens with zero attached hydrogens (tertiary/aromatic N) is 1. The predicted octanol–water partition coefficient (Wildman–Crippen LogP) is 2.51. The van der Waals surface area contributed by atoms with E-state index in [2.05, 4.69) is 5.32 Å². The van der Waals surface area contributed by atoms with E-state index in [1.165, 1.54) is 30.3 Å². The second-order valence-corrected chi connectivity index (χ2v) is 6.07. The molecular weight excluding hydrogens is 342 g/mol. The fraction of sp³-hybridized carbons (Fsp3) is 0.263. The Morgan fingerprint density at radius 2 is 1.88 bits per heavy atom. The molecule has 3 rings (SSSR count). The molecule has 1 N–H and O–H groups in total.